The average molecular weight is 699 g/mol. The summed E-state index contributed by atoms with van der Waals surface area (Å²) in [5, 5.41) is 1.36. The lowest BCUT2D eigenvalue weighted by Gasteiger charge is -2.18. The molecule has 0 spiro atoms. The Kier molecular flexibility index (Phi) is 16.0. The highest BCUT2D eigenvalue weighted by Crippen LogP contribution is 2.31. The summed E-state index contributed by atoms with van der Waals surface area (Å²) in [7, 11) is 2.10. The minimum atomic E-state index is 0.903. The van der Waals surface area contributed by atoms with Gasteiger partial charge in [-0.1, -0.05) is 174 Å². The predicted molar refractivity (Wildman–Crippen MR) is 238 cm³/mol. The second-order valence-electron chi connectivity index (χ2n) is 12.4. The van der Waals surface area contributed by atoms with Crippen molar-refractivity contribution in [2.75, 3.05) is 13.6 Å². The number of benzene rings is 3. The van der Waals surface area contributed by atoms with Crippen LogP contribution >= 0.6 is 0 Å². The van der Waals surface area contributed by atoms with E-state index in [4.69, 9.17) is 0 Å². The Balaban J connectivity index is 0.00000152. The van der Waals surface area contributed by atoms with E-state index in [1.165, 1.54) is 61.1 Å². The van der Waals surface area contributed by atoms with Crippen LogP contribution in [0.25, 0.3) is 46.9 Å². The van der Waals surface area contributed by atoms with Crippen molar-refractivity contribution < 1.29 is 0 Å². The Bertz CT molecular complexity index is 2080. The number of allylic oxidation sites excluding steroid dienone is 13. The molecule has 0 amide bonds. The molecule has 0 aliphatic heterocycles. The monoisotopic (exact) mass is 698 g/mol. The molecule has 53 heavy (non-hydrogen) atoms. The number of hydrogen-bond acceptors (Lipinski definition) is 1. The molecule has 6 rings (SSSR count). The van der Waals surface area contributed by atoms with Gasteiger partial charge < -0.3 is 9.47 Å². The SMILES string of the molecule is C=C/C=C\C(=C\c1ccc(/C=C/c2ccc(C3=CCC=C(/C=C/c4ccc5c6c(n(CC)c5c4)C=CC=CC6)C=C3)cc2)cc1)N(C)CC.CC.CC. The maximum absolute atomic E-state index is 3.80. The zero-order valence-electron chi connectivity index (χ0n) is 33.0. The molecule has 0 saturated heterocycles. The molecule has 0 radical (unpaired) electrons. The first-order chi connectivity index (χ1) is 26.1. The zero-order chi connectivity index (χ0) is 38.0. The molecule has 0 saturated carbocycles. The molecule has 272 valence electrons. The van der Waals surface area contributed by atoms with Gasteiger partial charge in [0, 0.05) is 42.4 Å². The number of rotatable bonds is 11. The molecular weight excluding hydrogens is 641 g/mol. The zero-order valence-corrected chi connectivity index (χ0v) is 33.0. The highest BCUT2D eigenvalue weighted by atomic mass is 15.1. The normalized spacial score (nSPS) is 13.9. The van der Waals surface area contributed by atoms with Gasteiger partial charge in [-0.25, -0.2) is 0 Å². The van der Waals surface area contributed by atoms with E-state index < -0.39 is 0 Å². The van der Waals surface area contributed by atoms with E-state index >= 15 is 0 Å². The lowest BCUT2D eigenvalue weighted by atomic mass is 10.0. The standard InChI is InChI=1S/C47H46N2.2C2H6/c1-5-8-15-43(48(4)6-2)34-39-23-21-37(22-24-39)18-19-38-27-31-42(32-28-38)41-14-12-13-36(26-30-41)20-25-40-29-33-45-44-16-10-9-11-17-46(44)49(7-3)47(45)35-40;2*1-2/h5,8-11,13-15,17-35H,1,6-7,12,16H2,2-4H3;2*1-2H3/b15-8-,19-18+,25-20+,43-34-;;. The molecule has 0 bridgehead atoms. The quantitative estimate of drug-likeness (QED) is 0.112. The largest absolute Gasteiger partial charge is 0.375 e. The Morgan fingerprint density at radius 2 is 1.42 bits per heavy atom. The van der Waals surface area contributed by atoms with Crippen LogP contribution in [0.3, 0.4) is 0 Å². The average Bonchev–Trinajstić information content (AvgIpc) is 3.42. The Morgan fingerprint density at radius 1 is 0.755 bits per heavy atom. The molecule has 4 aromatic rings. The van der Waals surface area contributed by atoms with Gasteiger partial charge in [0.15, 0.2) is 0 Å². The first-order valence-corrected chi connectivity index (χ1v) is 19.4. The van der Waals surface area contributed by atoms with Crippen molar-refractivity contribution in [3.63, 3.8) is 0 Å². The van der Waals surface area contributed by atoms with E-state index in [-0.39, 0.29) is 0 Å². The molecule has 2 aliphatic carbocycles. The highest BCUT2D eigenvalue weighted by Gasteiger charge is 2.14. The molecule has 0 N–H and O–H groups in total. The summed E-state index contributed by atoms with van der Waals surface area (Å²) in [6.45, 7) is 18.1. The number of likely N-dealkylation sites (N-methyl/N-ethyl adjacent to an activating group) is 1. The van der Waals surface area contributed by atoms with Gasteiger partial charge in [-0.05, 0) is 95.5 Å². The fourth-order valence-electron chi connectivity index (χ4n) is 6.38. The van der Waals surface area contributed by atoms with Crippen LogP contribution in [-0.2, 0) is 13.0 Å². The van der Waals surface area contributed by atoms with Gasteiger partial charge in [0.2, 0.25) is 0 Å². The van der Waals surface area contributed by atoms with Crippen molar-refractivity contribution in [2.45, 2.75) is 60.9 Å². The Morgan fingerprint density at radius 3 is 2.09 bits per heavy atom. The summed E-state index contributed by atoms with van der Waals surface area (Å²) in [5.41, 5.74) is 13.7. The second kappa shape index (κ2) is 21.1. The molecule has 3 aromatic carbocycles. The summed E-state index contributed by atoms with van der Waals surface area (Å²) < 4.78 is 2.44. The van der Waals surface area contributed by atoms with Crippen LogP contribution in [0, 0.1) is 0 Å². The third kappa shape index (κ3) is 10.7. The van der Waals surface area contributed by atoms with Crippen LogP contribution in [0.2, 0.25) is 0 Å². The van der Waals surface area contributed by atoms with Crippen LogP contribution in [0.4, 0.5) is 0 Å². The number of aryl methyl sites for hydroxylation is 1. The third-order valence-electron chi connectivity index (χ3n) is 9.27. The van der Waals surface area contributed by atoms with Gasteiger partial charge in [0.05, 0.1) is 0 Å². The Labute approximate surface area is 320 Å². The smallest absolute Gasteiger partial charge is 0.0494 e. The molecule has 2 nitrogen and oxygen atoms in total. The van der Waals surface area contributed by atoms with E-state index in [1.807, 2.05) is 39.8 Å². The molecule has 0 atom stereocenters. The number of fused-ring (bicyclic) bond motifs is 3. The molecule has 2 heteroatoms. The van der Waals surface area contributed by atoms with E-state index in [1.54, 1.807) is 0 Å². The van der Waals surface area contributed by atoms with Crippen molar-refractivity contribution in [1.29, 1.82) is 0 Å². The van der Waals surface area contributed by atoms with Crippen LogP contribution in [0.5, 0.6) is 0 Å². The van der Waals surface area contributed by atoms with E-state index in [0.29, 0.717) is 0 Å². The molecule has 1 aromatic heterocycles. The van der Waals surface area contributed by atoms with Crippen LogP contribution < -0.4 is 0 Å². The van der Waals surface area contributed by atoms with E-state index in [2.05, 4.69) is 189 Å². The first kappa shape index (κ1) is 40.2. The molecule has 1 heterocycles. The maximum atomic E-state index is 3.80. The van der Waals surface area contributed by atoms with E-state index in [9.17, 15) is 0 Å². The predicted octanol–water partition coefficient (Wildman–Crippen LogP) is 14.0. The summed E-state index contributed by atoms with van der Waals surface area (Å²) in [6.07, 6.45) is 36.7. The van der Waals surface area contributed by atoms with Crippen LogP contribution in [0.15, 0.2) is 151 Å². The Hall–Kier alpha value is -5.60. The fourth-order valence-corrected chi connectivity index (χ4v) is 6.38. The number of nitrogens with zero attached hydrogens (tertiary/aromatic N) is 2. The number of aromatic nitrogens is 1. The maximum Gasteiger partial charge on any atom is 0.0494 e. The lowest BCUT2D eigenvalue weighted by molar-refractivity contribution is 0.460. The van der Waals surface area contributed by atoms with Crippen molar-refractivity contribution in [3.8, 4) is 0 Å². The van der Waals surface area contributed by atoms with Crippen molar-refractivity contribution in [3.05, 3.63) is 190 Å². The lowest BCUT2D eigenvalue weighted by Crippen LogP contribution is -2.15. The molecule has 0 fully saturated rings. The molecular formula is C51H58N2. The highest BCUT2D eigenvalue weighted by molar-refractivity contribution is 5.90. The summed E-state index contributed by atoms with van der Waals surface area (Å²) >= 11 is 0. The van der Waals surface area contributed by atoms with Gasteiger partial charge in [0.25, 0.3) is 0 Å². The first-order valence-electron chi connectivity index (χ1n) is 19.4. The number of hydrogen-bond donors (Lipinski definition) is 0. The van der Waals surface area contributed by atoms with Crippen molar-refractivity contribution in [1.82, 2.24) is 9.47 Å². The fraction of sp³-hybridized carbons (Fsp3) is 0.216. The van der Waals surface area contributed by atoms with Crippen LogP contribution in [0.1, 0.15) is 87.0 Å². The van der Waals surface area contributed by atoms with Gasteiger partial charge in [-0.3, -0.25) is 0 Å². The molecule has 2 aliphatic rings. The summed E-state index contributed by atoms with van der Waals surface area (Å²) in [5.74, 6) is 0. The molecule has 0 unspecified atom stereocenters. The van der Waals surface area contributed by atoms with Crippen LogP contribution in [-0.4, -0.2) is 23.1 Å². The van der Waals surface area contributed by atoms with Gasteiger partial charge >= 0.3 is 0 Å². The topological polar surface area (TPSA) is 8.17 Å². The third-order valence-corrected chi connectivity index (χ3v) is 9.27. The summed E-state index contributed by atoms with van der Waals surface area (Å²) in [6, 6.07) is 24.4. The van der Waals surface area contributed by atoms with E-state index in [0.717, 1.165) is 31.6 Å². The minimum Gasteiger partial charge on any atom is -0.375 e. The van der Waals surface area contributed by atoms with Gasteiger partial charge in [0.1, 0.15) is 0 Å². The van der Waals surface area contributed by atoms with Crippen molar-refractivity contribution >= 4 is 46.9 Å². The van der Waals surface area contributed by atoms with Crippen molar-refractivity contribution in [2.24, 2.45) is 0 Å². The van der Waals surface area contributed by atoms with Gasteiger partial charge in [-0.2, -0.15) is 0 Å². The van der Waals surface area contributed by atoms with Gasteiger partial charge in [-0.15, -0.1) is 0 Å². The summed E-state index contributed by atoms with van der Waals surface area (Å²) in [4.78, 5) is 2.22. The minimum absolute atomic E-state index is 0.903. The second-order valence-corrected chi connectivity index (χ2v) is 12.4.